The largest absolute Gasteiger partial charge is 0.478 e. The lowest BCUT2D eigenvalue weighted by molar-refractivity contribution is -0.154. The van der Waals surface area contributed by atoms with Gasteiger partial charge in [0.25, 0.3) is 0 Å². The average Bonchev–Trinajstić information content (AvgIpc) is 2.79. The normalized spacial score (nSPS) is 13.7. The Morgan fingerprint density at radius 2 is 2.05 bits per heavy atom. The Morgan fingerprint density at radius 1 is 1.38 bits per heavy atom. The van der Waals surface area contributed by atoms with Gasteiger partial charge in [-0.05, 0) is 25.8 Å². The van der Waals surface area contributed by atoms with Crippen molar-refractivity contribution >= 4 is 5.97 Å². The molecule has 21 heavy (non-hydrogen) atoms. The first-order chi connectivity index (χ1) is 9.94. The third-order valence-electron chi connectivity index (χ3n) is 3.54. The lowest BCUT2D eigenvalue weighted by Gasteiger charge is -2.23. The molecule has 2 rings (SSSR count). The summed E-state index contributed by atoms with van der Waals surface area (Å²) in [6.07, 6.45) is 2.23. The summed E-state index contributed by atoms with van der Waals surface area (Å²) in [7, 11) is 0. The van der Waals surface area contributed by atoms with Crippen LogP contribution < -0.4 is 4.74 Å². The summed E-state index contributed by atoms with van der Waals surface area (Å²) in [5.74, 6) is -0.611. The summed E-state index contributed by atoms with van der Waals surface area (Å²) in [6, 6.07) is 9.95. The second-order valence-corrected chi connectivity index (χ2v) is 5.29. The maximum atomic E-state index is 11.3. The van der Waals surface area contributed by atoms with Crippen LogP contribution in [0.5, 0.6) is 5.88 Å². The molecule has 1 unspecified atom stereocenters. The third-order valence-corrected chi connectivity index (χ3v) is 3.54. The summed E-state index contributed by atoms with van der Waals surface area (Å²) in [6.45, 7) is 5.83. The van der Waals surface area contributed by atoms with Gasteiger partial charge < -0.3 is 9.84 Å². The number of rotatable bonds is 6. The first kappa shape index (κ1) is 15.1. The molecule has 5 nitrogen and oxygen atoms in total. The summed E-state index contributed by atoms with van der Waals surface area (Å²) >= 11 is 0. The van der Waals surface area contributed by atoms with Crippen molar-refractivity contribution in [2.75, 3.05) is 0 Å². The Hall–Kier alpha value is -2.30. The maximum absolute atomic E-state index is 11.3. The monoisotopic (exact) mass is 288 g/mol. The maximum Gasteiger partial charge on any atom is 0.347 e. The van der Waals surface area contributed by atoms with E-state index in [0.29, 0.717) is 18.8 Å². The molecule has 1 heterocycles. The second kappa shape index (κ2) is 5.99. The molecule has 2 aromatic rings. The highest BCUT2D eigenvalue weighted by atomic mass is 16.5. The lowest BCUT2D eigenvalue weighted by Crippen LogP contribution is -2.41. The summed E-state index contributed by atoms with van der Waals surface area (Å²) in [5, 5.41) is 13.6. The van der Waals surface area contributed by atoms with Gasteiger partial charge in [-0.15, -0.1) is 5.10 Å². The molecule has 112 valence electrons. The predicted octanol–water partition coefficient (Wildman–Crippen LogP) is 2.87. The van der Waals surface area contributed by atoms with Crippen molar-refractivity contribution in [1.82, 2.24) is 9.78 Å². The first-order valence-electron chi connectivity index (χ1n) is 6.95. The van der Waals surface area contributed by atoms with Crippen LogP contribution in [0, 0.1) is 6.92 Å². The molecule has 0 aliphatic carbocycles. The Kier molecular flexibility index (Phi) is 4.31. The molecule has 0 amide bonds. The second-order valence-electron chi connectivity index (χ2n) is 5.29. The number of carboxylic acid groups (broad SMARTS) is 1. The average molecular weight is 288 g/mol. The molecule has 1 aromatic carbocycles. The van der Waals surface area contributed by atoms with Crippen molar-refractivity contribution in [3.63, 3.8) is 0 Å². The molecule has 0 bridgehead atoms. The molecule has 1 N–H and O–H groups in total. The number of benzene rings is 1. The van der Waals surface area contributed by atoms with E-state index >= 15 is 0 Å². The number of hydrogen-bond donors (Lipinski definition) is 1. The standard InChI is InChI=1S/C16H20N2O3/c1-4-16(3,15(19)20)21-14-12(2)10-18(17-14)11-13-8-6-5-7-9-13/h5-10H,4,11H2,1-3H3,(H,19,20). The molecule has 0 fully saturated rings. The van der Waals surface area contributed by atoms with Crippen LogP contribution >= 0.6 is 0 Å². The molecular weight excluding hydrogens is 268 g/mol. The molecule has 1 atom stereocenters. The van der Waals surface area contributed by atoms with Crippen LogP contribution in [0.3, 0.4) is 0 Å². The van der Waals surface area contributed by atoms with E-state index in [-0.39, 0.29) is 0 Å². The van der Waals surface area contributed by atoms with Crippen LogP contribution in [0.2, 0.25) is 0 Å². The van der Waals surface area contributed by atoms with Gasteiger partial charge in [-0.25, -0.2) is 4.79 Å². The van der Waals surface area contributed by atoms with Gasteiger partial charge in [-0.1, -0.05) is 37.3 Å². The Bertz CT molecular complexity index is 622. The fraction of sp³-hybridized carbons (Fsp3) is 0.375. The van der Waals surface area contributed by atoms with Gasteiger partial charge in [-0.2, -0.15) is 0 Å². The van der Waals surface area contributed by atoms with E-state index in [1.54, 1.807) is 18.5 Å². The number of carboxylic acids is 1. The van der Waals surface area contributed by atoms with Gasteiger partial charge in [0.2, 0.25) is 11.5 Å². The highest BCUT2D eigenvalue weighted by Crippen LogP contribution is 2.23. The van der Waals surface area contributed by atoms with E-state index in [0.717, 1.165) is 11.1 Å². The third kappa shape index (κ3) is 3.42. The van der Waals surface area contributed by atoms with Gasteiger partial charge >= 0.3 is 5.97 Å². The van der Waals surface area contributed by atoms with E-state index in [9.17, 15) is 9.90 Å². The SMILES string of the molecule is CCC(C)(Oc1nn(Cc2ccccc2)cc1C)C(=O)O. The van der Waals surface area contributed by atoms with Crippen LogP contribution in [0.25, 0.3) is 0 Å². The number of carbonyl (C=O) groups is 1. The molecule has 1 aromatic heterocycles. The lowest BCUT2D eigenvalue weighted by atomic mass is 10.0. The zero-order chi connectivity index (χ0) is 15.5. The van der Waals surface area contributed by atoms with Crippen molar-refractivity contribution in [3.05, 3.63) is 47.7 Å². The van der Waals surface area contributed by atoms with Gasteiger partial charge in [-0.3, -0.25) is 4.68 Å². The molecule has 0 radical (unpaired) electrons. The predicted molar refractivity (Wildman–Crippen MR) is 79.5 cm³/mol. The van der Waals surface area contributed by atoms with Crippen LogP contribution in [-0.4, -0.2) is 26.5 Å². The van der Waals surface area contributed by atoms with Gasteiger partial charge in [0.05, 0.1) is 6.54 Å². The summed E-state index contributed by atoms with van der Waals surface area (Å²) < 4.78 is 7.39. The van der Waals surface area contributed by atoms with E-state index in [1.807, 2.05) is 43.5 Å². The number of nitrogens with zero attached hydrogens (tertiary/aromatic N) is 2. The fourth-order valence-electron chi connectivity index (χ4n) is 1.94. The molecular formula is C16H20N2O3. The van der Waals surface area contributed by atoms with Crippen molar-refractivity contribution in [2.45, 2.75) is 39.3 Å². The van der Waals surface area contributed by atoms with Gasteiger partial charge in [0.15, 0.2) is 0 Å². The van der Waals surface area contributed by atoms with Crippen molar-refractivity contribution in [3.8, 4) is 5.88 Å². The van der Waals surface area contributed by atoms with Crippen LogP contribution in [-0.2, 0) is 11.3 Å². The van der Waals surface area contributed by atoms with Gasteiger partial charge in [0, 0.05) is 11.8 Å². The zero-order valence-corrected chi connectivity index (χ0v) is 12.5. The molecule has 0 saturated heterocycles. The van der Waals surface area contributed by atoms with E-state index < -0.39 is 11.6 Å². The number of hydrogen-bond acceptors (Lipinski definition) is 3. The fourth-order valence-corrected chi connectivity index (χ4v) is 1.94. The Morgan fingerprint density at radius 3 is 2.62 bits per heavy atom. The minimum absolute atomic E-state index is 0.368. The van der Waals surface area contributed by atoms with Crippen molar-refractivity contribution in [2.24, 2.45) is 0 Å². The highest BCUT2D eigenvalue weighted by molar-refractivity contribution is 5.77. The molecule has 0 saturated carbocycles. The van der Waals surface area contributed by atoms with E-state index in [1.165, 1.54) is 0 Å². The molecule has 0 aliphatic heterocycles. The van der Waals surface area contributed by atoms with Crippen LogP contribution in [0.15, 0.2) is 36.5 Å². The number of aliphatic carboxylic acids is 1. The molecule has 0 aliphatic rings. The topological polar surface area (TPSA) is 64.4 Å². The Labute approximate surface area is 124 Å². The van der Waals surface area contributed by atoms with Gasteiger partial charge in [0.1, 0.15) is 0 Å². The van der Waals surface area contributed by atoms with Crippen molar-refractivity contribution < 1.29 is 14.6 Å². The number of aromatic nitrogens is 2. The van der Waals surface area contributed by atoms with Crippen LogP contribution in [0.1, 0.15) is 31.4 Å². The van der Waals surface area contributed by atoms with Crippen molar-refractivity contribution in [1.29, 1.82) is 0 Å². The van der Waals surface area contributed by atoms with E-state index in [2.05, 4.69) is 5.10 Å². The quantitative estimate of drug-likeness (QED) is 0.887. The minimum Gasteiger partial charge on any atom is -0.478 e. The number of aryl methyl sites for hydroxylation is 1. The first-order valence-corrected chi connectivity index (χ1v) is 6.95. The minimum atomic E-state index is -1.25. The highest BCUT2D eigenvalue weighted by Gasteiger charge is 2.34. The smallest absolute Gasteiger partial charge is 0.347 e. The Balaban J connectivity index is 2.18. The molecule has 5 heteroatoms. The number of ether oxygens (including phenoxy) is 1. The summed E-state index contributed by atoms with van der Waals surface area (Å²) in [4.78, 5) is 11.3. The van der Waals surface area contributed by atoms with E-state index in [4.69, 9.17) is 4.74 Å². The molecule has 0 spiro atoms. The zero-order valence-electron chi connectivity index (χ0n) is 12.5. The van der Waals surface area contributed by atoms with Crippen LogP contribution in [0.4, 0.5) is 0 Å². The summed E-state index contributed by atoms with van der Waals surface area (Å²) in [5.41, 5.74) is 0.700.